The van der Waals surface area contributed by atoms with Gasteiger partial charge in [-0.15, -0.1) is 0 Å². The van der Waals surface area contributed by atoms with Crippen LogP contribution in [0.25, 0.3) is 0 Å². The van der Waals surface area contributed by atoms with Crippen molar-refractivity contribution in [2.45, 2.75) is 83.1 Å². The number of carbonyl (C=O) groups excluding carboxylic acids is 1. The van der Waals surface area contributed by atoms with Gasteiger partial charge in [0.15, 0.2) is 5.78 Å². The van der Waals surface area contributed by atoms with E-state index >= 15 is 0 Å². The maximum absolute atomic E-state index is 12.7. The summed E-state index contributed by atoms with van der Waals surface area (Å²) in [7, 11) is 0. The van der Waals surface area contributed by atoms with E-state index in [0.717, 1.165) is 31.2 Å². The Morgan fingerprint density at radius 3 is 2.32 bits per heavy atom. The highest BCUT2D eigenvalue weighted by atomic mass is 16.8. The van der Waals surface area contributed by atoms with E-state index in [2.05, 4.69) is 0 Å². The zero-order chi connectivity index (χ0) is 17.6. The molecular formula is C20H37N2O3+. The molecule has 3 aliphatic rings. The topological polar surface area (TPSA) is 69.2 Å². The lowest BCUT2D eigenvalue weighted by Crippen LogP contribution is -3.14. The van der Waals surface area contributed by atoms with Crippen LogP contribution in [0.3, 0.4) is 0 Å². The first kappa shape index (κ1) is 19.3. The Morgan fingerprint density at radius 1 is 0.960 bits per heavy atom. The van der Waals surface area contributed by atoms with Gasteiger partial charge < -0.3 is 10.1 Å². The molecule has 3 N–H and O–H groups in total. The number of Topliss-reactive ketones (excluding diaryl/α,β-unsaturated/α-hetero) is 1. The summed E-state index contributed by atoms with van der Waals surface area (Å²) < 4.78 is 0. The average molecular weight is 354 g/mol. The molecule has 1 aliphatic heterocycles. The maximum atomic E-state index is 12.7. The fraction of sp³-hybridized carbons (Fsp3) is 0.950. The highest BCUT2D eigenvalue weighted by Gasteiger charge is 2.33. The lowest BCUT2D eigenvalue weighted by Gasteiger charge is -2.34. The van der Waals surface area contributed by atoms with Crippen molar-refractivity contribution in [3.63, 3.8) is 0 Å². The van der Waals surface area contributed by atoms with E-state index in [9.17, 15) is 10.0 Å². The zero-order valence-corrected chi connectivity index (χ0v) is 15.7. The van der Waals surface area contributed by atoms with E-state index in [0.29, 0.717) is 25.2 Å². The Morgan fingerprint density at radius 2 is 1.64 bits per heavy atom. The SMILES string of the molecule is O=C(C[NH+]1CCCC(CC2CCCCC2)C1)C1CCC([NH+]([O-])O)CC1. The second kappa shape index (κ2) is 9.45. The van der Waals surface area contributed by atoms with Crippen LogP contribution in [0.5, 0.6) is 0 Å². The molecule has 5 nitrogen and oxygen atoms in total. The number of piperidine rings is 1. The zero-order valence-electron chi connectivity index (χ0n) is 15.7. The highest BCUT2D eigenvalue weighted by Crippen LogP contribution is 2.30. The third-order valence-corrected chi connectivity index (χ3v) is 7.07. The highest BCUT2D eigenvalue weighted by molar-refractivity contribution is 5.82. The lowest BCUT2D eigenvalue weighted by atomic mass is 9.80. The van der Waals surface area contributed by atoms with Gasteiger partial charge in [0.2, 0.25) is 0 Å². The van der Waals surface area contributed by atoms with Gasteiger partial charge in [-0.25, -0.2) is 10.4 Å². The molecule has 3 fully saturated rings. The van der Waals surface area contributed by atoms with Gasteiger partial charge in [0.05, 0.1) is 13.1 Å². The summed E-state index contributed by atoms with van der Waals surface area (Å²) in [5, 5.41) is 19.5. The molecule has 5 heteroatoms. The van der Waals surface area contributed by atoms with Crippen molar-refractivity contribution in [2.75, 3.05) is 19.6 Å². The van der Waals surface area contributed by atoms with Crippen molar-refractivity contribution in [3.05, 3.63) is 5.21 Å². The van der Waals surface area contributed by atoms with Crippen molar-refractivity contribution in [2.24, 2.45) is 17.8 Å². The first-order chi connectivity index (χ1) is 12.1. The summed E-state index contributed by atoms with van der Waals surface area (Å²) in [6, 6.07) is -0.216. The molecule has 0 amide bonds. The van der Waals surface area contributed by atoms with E-state index in [1.54, 1.807) is 0 Å². The molecule has 0 aromatic rings. The largest absolute Gasteiger partial charge is 0.600 e. The van der Waals surface area contributed by atoms with E-state index in [4.69, 9.17) is 5.21 Å². The number of likely N-dealkylation sites (tertiary alicyclic amines) is 1. The number of quaternary nitrogens is 2. The van der Waals surface area contributed by atoms with E-state index in [1.807, 2.05) is 0 Å². The van der Waals surface area contributed by atoms with Crippen LogP contribution < -0.4 is 10.1 Å². The summed E-state index contributed by atoms with van der Waals surface area (Å²) in [6.45, 7) is 3.02. The fourth-order valence-corrected chi connectivity index (χ4v) is 5.56. The molecular weight excluding hydrogens is 316 g/mol. The minimum absolute atomic E-state index is 0.127. The van der Waals surface area contributed by atoms with E-state index in [1.165, 1.54) is 62.8 Å². The van der Waals surface area contributed by atoms with Gasteiger partial charge in [-0.2, -0.15) is 0 Å². The maximum Gasteiger partial charge on any atom is 0.189 e. The van der Waals surface area contributed by atoms with Gasteiger partial charge in [0.1, 0.15) is 12.6 Å². The van der Waals surface area contributed by atoms with Crippen LogP contribution in [0.15, 0.2) is 0 Å². The molecule has 0 bridgehead atoms. The van der Waals surface area contributed by atoms with E-state index < -0.39 is 5.23 Å². The number of hydrogen-bond donors (Lipinski definition) is 3. The first-order valence-electron chi connectivity index (χ1n) is 10.7. The summed E-state index contributed by atoms with van der Waals surface area (Å²) in [6.07, 6.45) is 14.1. The second-order valence-corrected chi connectivity index (χ2v) is 8.98. The molecule has 25 heavy (non-hydrogen) atoms. The molecule has 2 aliphatic carbocycles. The van der Waals surface area contributed by atoms with Crippen molar-refractivity contribution < 1.29 is 20.1 Å². The summed E-state index contributed by atoms with van der Waals surface area (Å²) in [5.74, 6) is 2.29. The first-order valence-corrected chi connectivity index (χ1v) is 10.7. The minimum atomic E-state index is -0.682. The van der Waals surface area contributed by atoms with Gasteiger partial charge in [-0.1, -0.05) is 32.1 Å². The van der Waals surface area contributed by atoms with Crippen LogP contribution in [0.4, 0.5) is 0 Å². The summed E-state index contributed by atoms with van der Waals surface area (Å²) >= 11 is 0. The van der Waals surface area contributed by atoms with Gasteiger partial charge in [-0.3, -0.25) is 4.79 Å². The summed E-state index contributed by atoms with van der Waals surface area (Å²) in [4.78, 5) is 14.2. The Hall–Kier alpha value is -0.490. The molecule has 0 aromatic carbocycles. The fourth-order valence-electron chi connectivity index (χ4n) is 5.56. The molecule has 3 atom stereocenters. The minimum Gasteiger partial charge on any atom is -0.600 e. The molecule has 1 saturated heterocycles. The Balaban J connectivity index is 1.40. The van der Waals surface area contributed by atoms with Gasteiger partial charge in [0.25, 0.3) is 0 Å². The molecule has 3 unspecified atom stereocenters. The summed E-state index contributed by atoms with van der Waals surface area (Å²) in [5.41, 5.74) is 0. The Bertz CT molecular complexity index is 415. The van der Waals surface area contributed by atoms with E-state index in [-0.39, 0.29) is 12.0 Å². The van der Waals surface area contributed by atoms with Gasteiger partial charge >= 0.3 is 0 Å². The number of hydrogen-bond acceptors (Lipinski definition) is 3. The van der Waals surface area contributed by atoms with Crippen LogP contribution in [-0.4, -0.2) is 36.7 Å². The predicted octanol–water partition coefficient (Wildman–Crippen LogP) is 1.15. The van der Waals surface area contributed by atoms with Crippen LogP contribution in [-0.2, 0) is 4.79 Å². The number of nitrogens with one attached hydrogen (secondary N) is 2. The lowest BCUT2D eigenvalue weighted by molar-refractivity contribution is -1.07. The standard InChI is InChI=1S/C20H36N2O3/c23-20(18-8-10-19(11-9-18)22(24)25)15-21-12-4-7-17(14-21)13-16-5-2-1-3-6-16/h16-19,22,24H,1-15H2/p+1. The molecule has 0 spiro atoms. The molecule has 0 aromatic heterocycles. The normalized spacial score (nSPS) is 36.1. The number of carbonyl (C=O) groups is 1. The number of hydroxylamine groups is 2. The van der Waals surface area contributed by atoms with Gasteiger partial charge in [-0.05, 0) is 38.0 Å². The number of rotatable bonds is 6. The average Bonchev–Trinajstić information content (AvgIpc) is 2.63. The molecule has 1 heterocycles. The van der Waals surface area contributed by atoms with Crippen molar-refractivity contribution in [1.29, 1.82) is 0 Å². The van der Waals surface area contributed by atoms with Crippen molar-refractivity contribution >= 4 is 5.78 Å². The molecule has 144 valence electrons. The third-order valence-electron chi connectivity index (χ3n) is 7.07. The Labute approximate surface area is 152 Å². The molecule has 0 radical (unpaired) electrons. The molecule has 2 saturated carbocycles. The molecule has 3 rings (SSSR count). The van der Waals surface area contributed by atoms with Crippen molar-refractivity contribution in [1.82, 2.24) is 0 Å². The van der Waals surface area contributed by atoms with Crippen molar-refractivity contribution in [3.8, 4) is 0 Å². The Kier molecular flexibility index (Phi) is 7.28. The monoisotopic (exact) mass is 353 g/mol. The number of ketones is 1. The third kappa shape index (κ3) is 5.75. The smallest absolute Gasteiger partial charge is 0.189 e. The second-order valence-electron chi connectivity index (χ2n) is 8.98. The van der Waals surface area contributed by atoms with Crippen LogP contribution >= 0.6 is 0 Å². The van der Waals surface area contributed by atoms with Crippen LogP contribution in [0.1, 0.15) is 77.0 Å². The quantitative estimate of drug-likeness (QED) is 0.628. The predicted molar refractivity (Wildman–Crippen MR) is 96.3 cm³/mol. The van der Waals surface area contributed by atoms with Crippen LogP contribution in [0, 0.1) is 23.0 Å². The van der Waals surface area contributed by atoms with Gasteiger partial charge in [0, 0.05) is 24.7 Å². The van der Waals surface area contributed by atoms with Crippen LogP contribution in [0.2, 0.25) is 0 Å².